The lowest BCUT2D eigenvalue weighted by atomic mass is 9.85. The van der Waals surface area contributed by atoms with Crippen LogP contribution in [0.15, 0.2) is 60.7 Å². The highest BCUT2D eigenvalue weighted by Crippen LogP contribution is 2.52. The van der Waals surface area contributed by atoms with Gasteiger partial charge in [0, 0.05) is 23.1 Å². The van der Waals surface area contributed by atoms with E-state index in [9.17, 15) is 5.11 Å². The maximum atomic E-state index is 10.3. The Morgan fingerprint density at radius 3 is 2.52 bits per heavy atom. The molecule has 1 N–H and O–H groups in total. The van der Waals surface area contributed by atoms with Crippen LogP contribution in [0.2, 0.25) is 0 Å². The van der Waals surface area contributed by atoms with Crippen molar-refractivity contribution in [1.29, 1.82) is 0 Å². The fraction of sp³-hybridized carbons (Fsp3) is 0.310. The number of hydrogen-bond acceptors (Lipinski definition) is 4. The molecule has 0 bridgehead atoms. The van der Waals surface area contributed by atoms with Crippen LogP contribution < -0.4 is 9.47 Å². The third-order valence-electron chi connectivity index (χ3n) is 6.80. The topological polar surface area (TPSA) is 47.9 Å². The van der Waals surface area contributed by atoms with E-state index in [0.29, 0.717) is 19.8 Å². The fourth-order valence-electron chi connectivity index (χ4n) is 5.23. The molecule has 6 rings (SSSR count). The standard InChI is InChI=1S/C29H28O4/c1-29(2)16-25(33-17-29)23-15-19-14-20(30)9-10-22(19)27-26-21-7-4-3-6-18(21)8-11-24(26)31-12-5-13-32-28(23)27/h3-4,6-11,14-15,25,30H,5,12-13,16-17H2,1-2H3. The Balaban J connectivity index is 1.74. The fourth-order valence-corrected chi connectivity index (χ4v) is 5.23. The van der Waals surface area contributed by atoms with Gasteiger partial charge in [-0.1, -0.05) is 44.2 Å². The number of phenols is 1. The predicted octanol–water partition coefficient (Wildman–Crippen LogP) is 7.01. The molecular weight excluding hydrogens is 412 g/mol. The van der Waals surface area contributed by atoms with E-state index in [-0.39, 0.29) is 17.3 Å². The van der Waals surface area contributed by atoms with Crippen molar-refractivity contribution in [3.05, 3.63) is 66.2 Å². The van der Waals surface area contributed by atoms with Gasteiger partial charge in [-0.05, 0) is 63.7 Å². The molecule has 2 aliphatic rings. The van der Waals surface area contributed by atoms with Crippen LogP contribution in [-0.4, -0.2) is 24.9 Å². The molecule has 0 amide bonds. The first-order valence-corrected chi connectivity index (χ1v) is 11.7. The van der Waals surface area contributed by atoms with Gasteiger partial charge in [-0.3, -0.25) is 0 Å². The van der Waals surface area contributed by atoms with E-state index in [1.807, 2.05) is 12.1 Å². The summed E-state index contributed by atoms with van der Waals surface area (Å²) in [5.41, 5.74) is 3.22. The summed E-state index contributed by atoms with van der Waals surface area (Å²) in [6.07, 6.45) is 1.67. The van der Waals surface area contributed by atoms with Crippen molar-refractivity contribution in [2.24, 2.45) is 5.41 Å². The summed E-state index contributed by atoms with van der Waals surface area (Å²) in [6.45, 7) is 6.37. The normalized spacial score (nSPS) is 19.6. The SMILES string of the molecule is CC1(C)COC(c2cc3cc(O)ccc3c3c2OCCCOc2ccc4ccccc4c2-3)C1. The van der Waals surface area contributed by atoms with Gasteiger partial charge in [0.25, 0.3) is 0 Å². The number of rotatable bonds is 1. The van der Waals surface area contributed by atoms with Crippen LogP contribution in [0.4, 0.5) is 0 Å². The van der Waals surface area contributed by atoms with Crippen molar-refractivity contribution in [1.82, 2.24) is 0 Å². The average Bonchev–Trinajstić information content (AvgIpc) is 3.21. The highest BCUT2D eigenvalue weighted by atomic mass is 16.5. The Hall–Kier alpha value is -3.24. The molecule has 0 aliphatic carbocycles. The molecule has 4 nitrogen and oxygen atoms in total. The van der Waals surface area contributed by atoms with Crippen molar-refractivity contribution in [3.8, 4) is 28.4 Å². The molecule has 0 aromatic heterocycles. The zero-order valence-corrected chi connectivity index (χ0v) is 19.1. The number of hydrogen-bond donors (Lipinski definition) is 1. The van der Waals surface area contributed by atoms with E-state index < -0.39 is 0 Å². The number of fused-ring (bicyclic) bond motifs is 7. The second-order valence-electron chi connectivity index (χ2n) is 9.95. The Kier molecular flexibility index (Phi) is 4.73. The molecule has 33 heavy (non-hydrogen) atoms. The minimum absolute atomic E-state index is 0.0550. The molecule has 0 spiro atoms. The second kappa shape index (κ2) is 7.67. The van der Waals surface area contributed by atoms with Gasteiger partial charge in [0.2, 0.25) is 0 Å². The third-order valence-corrected chi connectivity index (χ3v) is 6.80. The molecular formula is C29H28O4. The molecule has 0 saturated carbocycles. The summed E-state index contributed by atoms with van der Waals surface area (Å²) in [7, 11) is 0. The lowest BCUT2D eigenvalue weighted by Crippen LogP contribution is -2.09. The van der Waals surface area contributed by atoms with Crippen LogP contribution in [0.5, 0.6) is 17.2 Å². The Morgan fingerprint density at radius 2 is 1.67 bits per heavy atom. The second-order valence-corrected chi connectivity index (χ2v) is 9.95. The van der Waals surface area contributed by atoms with Gasteiger partial charge >= 0.3 is 0 Å². The highest BCUT2D eigenvalue weighted by molar-refractivity contribution is 6.10. The van der Waals surface area contributed by atoms with Crippen LogP contribution in [0.1, 0.15) is 38.4 Å². The van der Waals surface area contributed by atoms with Crippen LogP contribution in [-0.2, 0) is 4.74 Å². The first-order chi connectivity index (χ1) is 16.0. The number of benzene rings is 4. The summed E-state index contributed by atoms with van der Waals surface area (Å²) < 4.78 is 19.1. The zero-order chi connectivity index (χ0) is 22.6. The Morgan fingerprint density at radius 1 is 0.848 bits per heavy atom. The molecule has 1 saturated heterocycles. The van der Waals surface area contributed by atoms with Gasteiger partial charge < -0.3 is 19.3 Å². The quantitative estimate of drug-likeness (QED) is 0.346. The Labute approximate surface area is 193 Å². The maximum absolute atomic E-state index is 10.3. The van der Waals surface area contributed by atoms with Gasteiger partial charge in [0.05, 0.1) is 25.9 Å². The van der Waals surface area contributed by atoms with Crippen LogP contribution in [0, 0.1) is 5.41 Å². The van der Waals surface area contributed by atoms with Crippen molar-refractivity contribution in [2.75, 3.05) is 19.8 Å². The van der Waals surface area contributed by atoms with Crippen molar-refractivity contribution in [3.63, 3.8) is 0 Å². The first-order valence-electron chi connectivity index (χ1n) is 11.7. The lowest BCUT2D eigenvalue weighted by molar-refractivity contribution is 0.0975. The molecule has 4 heteroatoms. The summed E-state index contributed by atoms with van der Waals surface area (Å²) >= 11 is 0. The maximum Gasteiger partial charge on any atom is 0.133 e. The van der Waals surface area contributed by atoms with Gasteiger partial charge in [-0.25, -0.2) is 0 Å². The molecule has 2 heterocycles. The lowest BCUT2D eigenvalue weighted by Gasteiger charge is -2.23. The molecule has 1 unspecified atom stereocenters. The highest BCUT2D eigenvalue weighted by Gasteiger charge is 2.36. The van der Waals surface area contributed by atoms with Crippen molar-refractivity contribution >= 4 is 21.5 Å². The minimum Gasteiger partial charge on any atom is -0.508 e. The molecule has 1 fully saturated rings. The molecule has 4 aromatic rings. The number of phenolic OH excluding ortho intramolecular Hbond substituents is 1. The van der Waals surface area contributed by atoms with Gasteiger partial charge in [0.15, 0.2) is 0 Å². The first kappa shape index (κ1) is 20.4. The Bertz CT molecular complexity index is 1370. The third kappa shape index (κ3) is 3.50. The van der Waals surface area contributed by atoms with E-state index in [4.69, 9.17) is 14.2 Å². The van der Waals surface area contributed by atoms with E-state index >= 15 is 0 Å². The van der Waals surface area contributed by atoms with Crippen LogP contribution in [0.25, 0.3) is 32.7 Å². The molecule has 4 aromatic carbocycles. The number of aromatic hydroxyl groups is 1. The monoisotopic (exact) mass is 440 g/mol. The van der Waals surface area contributed by atoms with E-state index in [2.05, 4.69) is 56.3 Å². The average molecular weight is 441 g/mol. The van der Waals surface area contributed by atoms with E-state index in [1.54, 1.807) is 6.07 Å². The summed E-state index contributed by atoms with van der Waals surface area (Å²) in [5.74, 6) is 1.98. The van der Waals surface area contributed by atoms with Crippen molar-refractivity contribution < 1.29 is 19.3 Å². The minimum atomic E-state index is -0.0550. The van der Waals surface area contributed by atoms with E-state index in [1.165, 1.54) is 0 Å². The molecule has 2 aliphatic heterocycles. The van der Waals surface area contributed by atoms with Crippen LogP contribution >= 0.6 is 0 Å². The summed E-state index contributed by atoms with van der Waals surface area (Å²) in [5, 5.41) is 14.6. The van der Waals surface area contributed by atoms with Crippen LogP contribution in [0.3, 0.4) is 0 Å². The van der Waals surface area contributed by atoms with Gasteiger partial charge in [0.1, 0.15) is 17.2 Å². The van der Waals surface area contributed by atoms with E-state index in [0.717, 1.165) is 62.6 Å². The summed E-state index contributed by atoms with van der Waals surface area (Å²) in [6, 6.07) is 20.3. The number of ether oxygens (including phenoxy) is 3. The molecule has 0 radical (unpaired) electrons. The van der Waals surface area contributed by atoms with Gasteiger partial charge in [-0.15, -0.1) is 0 Å². The molecule has 168 valence electrons. The zero-order valence-electron chi connectivity index (χ0n) is 19.1. The summed E-state index contributed by atoms with van der Waals surface area (Å²) in [4.78, 5) is 0. The predicted molar refractivity (Wildman–Crippen MR) is 131 cm³/mol. The largest absolute Gasteiger partial charge is 0.508 e. The van der Waals surface area contributed by atoms with Gasteiger partial charge in [-0.2, -0.15) is 0 Å². The molecule has 1 atom stereocenters. The smallest absolute Gasteiger partial charge is 0.133 e. The van der Waals surface area contributed by atoms with Crippen molar-refractivity contribution in [2.45, 2.75) is 32.8 Å².